The summed E-state index contributed by atoms with van der Waals surface area (Å²) >= 11 is 0. The van der Waals surface area contributed by atoms with Crippen molar-refractivity contribution in [2.45, 2.75) is 43.3 Å². The molecule has 3 aromatic carbocycles. The van der Waals surface area contributed by atoms with Gasteiger partial charge in [-0.3, -0.25) is 0 Å². The third-order valence-corrected chi connectivity index (χ3v) is 6.49. The maximum Gasteiger partial charge on any atom is 0.241 e. The summed E-state index contributed by atoms with van der Waals surface area (Å²) in [5.74, 6) is 0. The van der Waals surface area contributed by atoms with Gasteiger partial charge in [0.15, 0.2) is 0 Å². The number of sulfonamides is 1. The van der Waals surface area contributed by atoms with Crippen molar-refractivity contribution in [3.05, 3.63) is 77.9 Å². The van der Waals surface area contributed by atoms with Crippen molar-refractivity contribution < 1.29 is 13.7 Å². The zero-order valence-electron chi connectivity index (χ0n) is 15.8. The summed E-state index contributed by atoms with van der Waals surface area (Å²) in [5, 5.41) is 4.59. The van der Waals surface area contributed by atoms with Crippen LogP contribution in [0.4, 0.5) is 0 Å². The van der Waals surface area contributed by atoms with E-state index in [4.69, 9.17) is 0 Å². The minimum Gasteiger partial charge on any atom is -0.334 e. The highest BCUT2D eigenvalue weighted by atomic mass is 32.2. The minimum atomic E-state index is -3.62. The average Bonchev–Trinajstić information content (AvgIpc) is 2.90. The van der Waals surface area contributed by atoms with Gasteiger partial charge in [-0.2, -0.15) is 4.72 Å². The van der Waals surface area contributed by atoms with Crippen molar-refractivity contribution in [2.75, 3.05) is 0 Å². The lowest BCUT2D eigenvalue weighted by molar-refractivity contribution is -0.756. The lowest BCUT2D eigenvalue weighted by atomic mass is 10.0. The molecule has 0 aromatic heterocycles. The molecule has 1 aliphatic rings. The van der Waals surface area contributed by atoms with E-state index in [0.29, 0.717) is 4.90 Å². The third kappa shape index (κ3) is 3.38. The monoisotopic (exact) mass is 381 g/mol. The van der Waals surface area contributed by atoms with Crippen LogP contribution in [0, 0.1) is 0 Å². The second-order valence-corrected chi connectivity index (χ2v) is 9.98. The standard InChI is InChI=1S/C22H24N2O2S/c1-22(2,3)23-20-17-13-7-9-15-10-8-14-18(19(15)17)21(20)24-27(25,26)16-11-5-4-6-12-16/h4-14,20-21,23-24H,1-3H3/p+1/t20-,21+/m1/s1. The van der Waals surface area contributed by atoms with E-state index >= 15 is 0 Å². The first-order valence-corrected chi connectivity index (χ1v) is 10.7. The largest absolute Gasteiger partial charge is 0.334 e. The van der Waals surface area contributed by atoms with E-state index in [1.54, 1.807) is 24.3 Å². The fraction of sp³-hybridized carbons (Fsp3) is 0.273. The van der Waals surface area contributed by atoms with Crippen LogP contribution in [0.3, 0.4) is 0 Å². The predicted molar refractivity (Wildman–Crippen MR) is 108 cm³/mol. The summed E-state index contributed by atoms with van der Waals surface area (Å²) in [6, 6.07) is 20.7. The SMILES string of the molecule is CC(C)(C)[NH2+][C@@H]1c2cccc3cccc(c23)[C@@H]1NS(=O)(=O)c1ccccc1. The van der Waals surface area contributed by atoms with Crippen LogP contribution in [0.15, 0.2) is 71.6 Å². The van der Waals surface area contributed by atoms with E-state index in [-0.39, 0.29) is 17.6 Å². The molecule has 3 N–H and O–H groups in total. The fourth-order valence-corrected chi connectivity index (χ4v) is 5.27. The van der Waals surface area contributed by atoms with E-state index in [1.165, 1.54) is 10.9 Å². The molecule has 0 bridgehead atoms. The molecule has 0 radical (unpaired) electrons. The highest BCUT2D eigenvalue weighted by molar-refractivity contribution is 7.89. The van der Waals surface area contributed by atoms with Crippen molar-refractivity contribution in [1.29, 1.82) is 0 Å². The molecule has 4 rings (SSSR count). The summed E-state index contributed by atoms with van der Waals surface area (Å²) in [5.41, 5.74) is 2.21. The van der Waals surface area contributed by atoms with E-state index in [1.807, 2.05) is 18.2 Å². The number of hydrogen-bond acceptors (Lipinski definition) is 2. The average molecular weight is 382 g/mol. The van der Waals surface area contributed by atoms with Crippen LogP contribution < -0.4 is 10.0 Å². The molecule has 0 unspecified atom stereocenters. The third-order valence-electron chi connectivity index (χ3n) is 5.04. The summed E-state index contributed by atoms with van der Waals surface area (Å²) in [6.45, 7) is 6.45. The molecule has 0 spiro atoms. The predicted octanol–water partition coefficient (Wildman–Crippen LogP) is 3.28. The van der Waals surface area contributed by atoms with Gasteiger partial charge in [-0.15, -0.1) is 0 Å². The van der Waals surface area contributed by atoms with E-state index in [2.05, 4.69) is 55.1 Å². The molecule has 0 heterocycles. The van der Waals surface area contributed by atoms with Crippen LogP contribution in [-0.2, 0) is 10.0 Å². The first-order valence-electron chi connectivity index (χ1n) is 9.21. The minimum absolute atomic E-state index is 0.00964. The number of nitrogens with one attached hydrogen (secondary N) is 1. The first kappa shape index (κ1) is 18.2. The number of nitrogens with two attached hydrogens (primary N) is 1. The van der Waals surface area contributed by atoms with Gasteiger partial charge in [0.2, 0.25) is 10.0 Å². The van der Waals surface area contributed by atoms with Gasteiger partial charge in [-0.1, -0.05) is 54.6 Å². The van der Waals surface area contributed by atoms with Gasteiger partial charge in [0, 0.05) is 5.56 Å². The molecule has 0 aliphatic heterocycles. The molecule has 0 saturated carbocycles. The number of rotatable bonds is 4. The molecule has 3 aromatic rings. The Balaban J connectivity index is 1.82. The number of quaternary nitrogens is 1. The maximum atomic E-state index is 13.0. The highest BCUT2D eigenvalue weighted by Gasteiger charge is 2.41. The second kappa shape index (κ2) is 6.44. The molecule has 4 nitrogen and oxygen atoms in total. The van der Waals surface area contributed by atoms with Gasteiger partial charge >= 0.3 is 0 Å². The molecule has 140 valence electrons. The van der Waals surface area contributed by atoms with E-state index in [0.717, 1.165) is 10.9 Å². The normalized spacial score (nSPS) is 19.5. The van der Waals surface area contributed by atoms with Crippen molar-refractivity contribution >= 4 is 20.8 Å². The van der Waals surface area contributed by atoms with E-state index < -0.39 is 10.0 Å². The Morgan fingerprint density at radius 1 is 0.852 bits per heavy atom. The fourth-order valence-electron chi connectivity index (χ4n) is 4.01. The Hall–Kier alpha value is -2.21. The zero-order valence-corrected chi connectivity index (χ0v) is 16.6. The molecule has 0 saturated heterocycles. The van der Waals surface area contributed by atoms with Crippen LogP contribution in [0.5, 0.6) is 0 Å². The van der Waals surface area contributed by atoms with Crippen molar-refractivity contribution in [3.63, 3.8) is 0 Å². The Bertz CT molecular complexity index is 1080. The van der Waals surface area contributed by atoms with Crippen molar-refractivity contribution in [1.82, 2.24) is 4.72 Å². The van der Waals surface area contributed by atoms with Gasteiger partial charge in [0.05, 0.1) is 10.4 Å². The van der Waals surface area contributed by atoms with Crippen molar-refractivity contribution in [2.24, 2.45) is 0 Å². The van der Waals surface area contributed by atoms with Crippen LogP contribution in [0.25, 0.3) is 10.8 Å². The first-order chi connectivity index (χ1) is 12.8. The van der Waals surface area contributed by atoms with E-state index in [9.17, 15) is 8.42 Å². The smallest absolute Gasteiger partial charge is 0.241 e. The molecule has 27 heavy (non-hydrogen) atoms. The summed E-state index contributed by atoms with van der Waals surface area (Å²) in [7, 11) is -3.62. The molecule has 5 heteroatoms. The molecule has 0 fully saturated rings. The zero-order chi connectivity index (χ0) is 19.2. The van der Waals surface area contributed by atoms with Crippen LogP contribution in [0.2, 0.25) is 0 Å². The summed E-state index contributed by atoms with van der Waals surface area (Å²) < 4.78 is 29.1. The van der Waals surface area contributed by atoms with Crippen LogP contribution >= 0.6 is 0 Å². The second-order valence-electron chi connectivity index (χ2n) is 8.26. The lowest BCUT2D eigenvalue weighted by Gasteiger charge is -2.28. The molecule has 0 amide bonds. The number of hydrogen-bond donors (Lipinski definition) is 2. The summed E-state index contributed by atoms with van der Waals surface area (Å²) in [6.07, 6.45) is 0. The molecular formula is C22H25N2O2S+. The van der Waals surface area contributed by atoms with Gasteiger partial charge < -0.3 is 5.32 Å². The Morgan fingerprint density at radius 3 is 2.11 bits per heavy atom. The van der Waals surface area contributed by atoms with Gasteiger partial charge in [-0.25, -0.2) is 8.42 Å². The number of benzene rings is 3. The summed E-state index contributed by atoms with van der Waals surface area (Å²) in [4.78, 5) is 0.294. The van der Waals surface area contributed by atoms with Gasteiger partial charge in [0.1, 0.15) is 12.1 Å². The molecule has 2 atom stereocenters. The van der Waals surface area contributed by atoms with Crippen LogP contribution in [-0.4, -0.2) is 14.0 Å². The maximum absolute atomic E-state index is 13.0. The highest BCUT2D eigenvalue weighted by Crippen LogP contribution is 2.43. The van der Waals surface area contributed by atoms with Crippen molar-refractivity contribution in [3.8, 4) is 0 Å². The van der Waals surface area contributed by atoms with Gasteiger partial charge in [0.25, 0.3) is 0 Å². The molecule has 1 aliphatic carbocycles. The van der Waals surface area contributed by atoms with Gasteiger partial charge in [-0.05, 0) is 49.2 Å². The topological polar surface area (TPSA) is 62.8 Å². The Kier molecular flexibility index (Phi) is 4.34. The quantitative estimate of drug-likeness (QED) is 0.729. The Morgan fingerprint density at radius 2 is 1.48 bits per heavy atom. The Labute approximate surface area is 160 Å². The van der Waals surface area contributed by atoms with Crippen LogP contribution in [0.1, 0.15) is 44.0 Å². The lowest BCUT2D eigenvalue weighted by Crippen LogP contribution is -2.95. The molecular weight excluding hydrogens is 356 g/mol.